The number of benzene rings is 1. The Balaban J connectivity index is 1.75. The number of nitrogens with one attached hydrogen (secondary N) is 1. The molecule has 1 saturated carbocycles. The minimum atomic E-state index is 0.365. The van der Waals surface area contributed by atoms with E-state index in [0.29, 0.717) is 10.7 Å². The maximum atomic E-state index is 4.09. The van der Waals surface area contributed by atoms with Gasteiger partial charge in [-0.05, 0) is 48.6 Å². The molecule has 5 nitrogen and oxygen atoms in total. The highest BCUT2D eigenvalue weighted by molar-refractivity contribution is 8.00. The number of aromatic nitrogens is 4. The summed E-state index contributed by atoms with van der Waals surface area (Å²) in [5, 5.41) is 15.4. The van der Waals surface area contributed by atoms with E-state index < -0.39 is 0 Å². The molecule has 0 bridgehead atoms. The fraction of sp³-hybridized carbons (Fsp3) is 0.500. The van der Waals surface area contributed by atoms with Gasteiger partial charge in [0, 0.05) is 11.3 Å². The van der Waals surface area contributed by atoms with Crippen LogP contribution in [0.4, 0.5) is 5.95 Å². The fourth-order valence-electron chi connectivity index (χ4n) is 2.42. The van der Waals surface area contributed by atoms with Gasteiger partial charge in [-0.25, -0.2) is 0 Å². The van der Waals surface area contributed by atoms with Gasteiger partial charge in [0.05, 0.1) is 5.69 Å². The molecule has 0 saturated heterocycles. The molecule has 1 aromatic carbocycles. The molecule has 0 spiro atoms. The van der Waals surface area contributed by atoms with Crippen molar-refractivity contribution in [2.75, 3.05) is 18.1 Å². The Labute approximate surface area is 123 Å². The van der Waals surface area contributed by atoms with Crippen molar-refractivity contribution in [3.05, 3.63) is 29.8 Å². The third kappa shape index (κ3) is 2.52. The second-order valence-corrected chi connectivity index (χ2v) is 6.62. The van der Waals surface area contributed by atoms with Gasteiger partial charge in [-0.1, -0.05) is 29.2 Å². The fourth-order valence-corrected chi connectivity index (χ4v) is 3.33. The van der Waals surface area contributed by atoms with Crippen molar-refractivity contribution in [1.82, 2.24) is 20.2 Å². The molecule has 0 unspecified atom stereocenters. The quantitative estimate of drug-likeness (QED) is 0.917. The number of aryl methyl sites for hydroxylation is 1. The molecule has 1 N–H and O–H groups in total. The largest absolute Gasteiger partial charge is 0.351 e. The molecule has 106 valence electrons. The molecular weight excluding hydrogens is 270 g/mol. The molecule has 0 amide bonds. The Bertz CT molecular complexity index is 568. The summed E-state index contributed by atoms with van der Waals surface area (Å²) in [4.78, 5) is 0. The minimum absolute atomic E-state index is 0.365. The summed E-state index contributed by atoms with van der Waals surface area (Å²) >= 11 is 1.94. The van der Waals surface area contributed by atoms with Crippen LogP contribution in [0.3, 0.4) is 0 Å². The van der Waals surface area contributed by atoms with Gasteiger partial charge in [0.2, 0.25) is 5.95 Å². The number of nitrogens with zero attached hydrogens (tertiary/aromatic N) is 4. The Morgan fingerprint density at radius 1 is 1.30 bits per heavy atom. The highest BCUT2D eigenvalue weighted by Gasteiger charge is 2.36. The first-order chi connectivity index (χ1) is 9.72. The molecule has 1 aliphatic rings. The summed E-state index contributed by atoms with van der Waals surface area (Å²) in [6.45, 7) is 2.99. The SMILES string of the molecule is CSC1(CNc2nnnn2-c2ccc(C)cc2)CCC1. The second-order valence-electron chi connectivity index (χ2n) is 5.34. The summed E-state index contributed by atoms with van der Waals surface area (Å²) in [5.41, 5.74) is 2.21. The smallest absolute Gasteiger partial charge is 0.247 e. The standard InChI is InChI=1S/C14H19N5S/c1-11-4-6-12(7-5-11)19-13(16-17-18-19)15-10-14(20-2)8-3-9-14/h4-7H,3,8-10H2,1-2H3,(H,15,16,18). The van der Waals surface area contributed by atoms with Crippen LogP contribution in [0.1, 0.15) is 24.8 Å². The van der Waals surface area contributed by atoms with E-state index in [9.17, 15) is 0 Å². The molecule has 0 atom stereocenters. The lowest BCUT2D eigenvalue weighted by Gasteiger charge is -2.40. The van der Waals surface area contributed by atoms with Crippen molar-refractivity contribution in [1.29, 1.82) is 0 Å². The molecule has 0 radical (unpaired) electrons. The van der Waals surface area contributed by atoms with Crippen molar-refractivity contribution in [2.45, 2.75) is 30.9 Å². The molecular formula is C14H19N5S. The van der Waals surface area contributed by atoms with Crippen LogP contribution in [0.2, 0.25) is 0 Å². The minimum Gasteiger partial charge on any atom is -0.351 e. The Morgan fingerprint density at radius 2 is 2.05 bits per heavy atom. The Morgan fingerprint density at radius 3 is 2.65 bits per heavy atom. The first-order valence-electron chi connectivity index (χ1n) is 6.87. The Hall–Kier alpha value is -1.56. The van der Waals surface area contributed by atoms with Crippen molar-refractivity contribution >= 4 is 17.7 Å². The maximum Gasteiger partial charge on any atom is 0.247 e. The first kappa shape index (κ1) is 13.4. The summed E-state index contributed by atoms with van der Waals surface area (Å²) in [7, 11) is 0. The predicted octanol–water partition coefficient (Wildman–Crippen LogP) is 2.67. The number of anilines is 1. The summed E-state index contributed by atoms with van der Waals surface area (Å²) in [6.07, 6.45) is 6.05. The van der Waals surface area contributed by atoms with Gasteiger partial charge in [0.1, 0.15) is 0 Å². The van der Waals surface area contributed by atoms with Crippen molar-refractivity contribution in [2.24, 2.45) is 0 Å². The van der Waals surface area contributed by atoms with Gasteiger partial charge in [0.15, 0.2) is 0 Å². The van der Waals surface area contributed by atoms with Crippen molar-refractivity contribution in [3.8, 4) is 5.69 Å². The van der Waals surface area contributed by atoms with E-state index in [0.717, 1.165) is 12.2 Å². The zero-order valence-electron chi connectivity index (χ0n) is 11.8. The van der Waals surface area contributed by atoms with Crippen LogP contribution < -0.4 is 5.32 Å². The van der Waals surface area contributed by atoms with E-state index >= 15 is 0 Å². The normalized spacial score (nSPS) is 16.7. The van der Waals surface area contributed by atoms with E-state index in [1.807, 2.05) is 23.9 Å². The summed E-state index contributed by atoms with van der Waals surface area (Å²) in [5.74, 6) is 0.717. The lowest BCUT2D eigenvalue weighted by molar-refractivity contribution is 0.379. The van der Waals surface area contributed by atoms with E-state index in [4.69, 9.17) is 0 Å². The monoisotopic (exact) mass is 289 g/mol. The van der Waals surface area contributed by atoms with Crippen LogP contribution >= 0.6 is 11.8 Å². The Kier molecular flexibility index (Phi) is 3.65. The van der Waals surface area contributed by atoms with Crippen LogP contribution in [-0.2, 0) is 0 Å². The van der Waals surface area contributed by atoms with E-state index in [-0.39, 0.29) is 0 Å². The number of thioether (sulfide) groups is 1. The van der Waals surface area contributed by atoms with Crippen LogP contribution in [0.5, 0.6) is 0 Å². The third-order valence-electron chi connectivity index (χ3n) is 4.01. The lowest BCUT2D eigenvalue weighted by atomic mass is 9.84. The topological polar surface area (TPSA) is 55.6 Å². The molecule has 20 heavy (non-hydrogen) atoms. The van der Waals surface area contributed by atoms with Gasteiger partial charge < -0.3 is 5.32 Å². The molecule has 1 aliphatic carbocycles. The van der Waals surface area contributed by atoms with Crippen LogP contribution in [0.15, 0.2) is 24.3 Å². The number of hydrogen-bond donors (Lipinski definition) is 1. The van der Waals surface area contributed by atoms with E-state index in [1.165, 1.54) is 24.8 Å². The summed E-state index contributed by atoms with van der Waals surface area (Å²) < 4.78 is 2.12. The maximum absolute atomic E-state index is 4.09. The van der Waals surface area contributed by atoms with Gasteiger partial charge in [-0.15, -0.1) is 0 Å². The molecule has 3 rings (SSSR count). The third-order valence-corrected chi connectivity index (χ3v) is 5.43. The number of hydrogen-bond acceptors (Lipinski definition) is 5. The van der Waals surface area contributed by atoms with E-state index in [2.05, 4.69) is 46.2 Å². The van der Waals surface area contributed by atoms with Crippen LogP contribution in [0, 0.1) is 6.92 Å². The van der Waals surface area contributed by atoms with Gasteiger partial charge in [-0.3, -0.25) is 0 Å². The van der Waals surface area contributed by atoms with Crippen molar-refractivity contribution < 1.29 is 0 Å². The average molecular weight is 289 g/mol. The van der Waals surface area contributed by atoms with Gasteiger partial charge in [0.25, 0.3) is 0 Å². The molecule has 0 aliphatic heterocycles. The molecule has 1 aromatic heterocycles. The van der Waals surface area contributed by atoms with Gasteiger partial charge in [-0.2, -0.15) is 16.4 Å². The molecule has 1 heterocycles. The predicted molar refractivity (Wildman–Crippen MR) is 82.5 cm³/mol. The number of rotatable bonds is 5. The zero-order chi connectivity index (χ0) is 14.0. The van der Waals surface area contributed by atoms with Crippen LogP contribution in [0.25, 0.3) is 5.69 Å². The average Bonchev–Trinajstić information content (AvgIpc) is 2.87. The molecule has 1 fully saturated rings. The van der Waals surface area contributed by atoms with E-state index in [1.54, 1.807) is 4.68 Å². The van der Waals surface area contributed by atoms with Gasteiger partial charge >= 0.3 is 0 Å². The van der Waals surface area contributed by atoms with Crippen LogP contribution in [-0.4, -0.2) is 37.8 Å². The second kappa shape index (κ2) is 5.44. The first-order valence-corrected chi connectivity index (χ1v) is 8.09. The number of tetrazole rings is 1. The lowest BCUT2D eigenvalue weighted by Crippen LogP contribution is -2.40. The highest BCUT2D eigenvalue weighted by atomic mass is 32.2. The molecule has 6 heteroatoms. The zero-order valence-corrected chi connectivity index (χ0v) is 12.7. The highest BCUT2D eigenvalue weighted by Crippen LogP contribution is 2.42. The molecule has 2 aromatic rings. The summed E-state index contributed by atoms with van der Waals surface area (Å²) in [6, 6.07) is 8.20. The van der Waals surface area contributed by atoms with Crippen molar-refractivity contribution in [3.63, 3.8) is 0 Å².